The van der Waals surface area contributed by atoms with Crippen LogP contribution >= 0.6 is 24.0 Å². The highest BCUT2D eigenvalue weighted by Gasteiger charge is 2.20. The molecular weight excluding hydrogens is 283 g/mol. The van der Waals surface area contributed by atoms with Gasteiger partial charge < -0.3 is 5.73 Å². The maximum absolute atomic E-state index is 11.9. The first-order valence-corrected chi connectivity index (χ1v) is 6.72. The average molecular weight is 299 g/mol. The lowest BCUT2D eigenvalue weighted by Gasteiger charge is -2.13. The van der Waals surface area contributed by atoms with E-state index in [1.807, 2.05) is 0 Å². The van der Waals surface area contributed by atoms with E-state index in [0.29, 0.717) is 0 Å². The van der Waals surface area contributed by atoms with Gasteiger partial charge in [0.2, 0.25) is 10.0 Å². The third kappa shape index (κ3) is 4.12. The van der Waals surface area contributed by atoms with Gasteiger partial charge in [-0.15, -0.1) is 12.4 Å². The molecular formula is C10H16Cl2N2O2S. The van der Waals surface area contributed by atoms with Crippen molar-refractivity contribution in [2.24, 2.45) is 5.73 Å². The molecule has 0 spiro atoms. The van der Waals surface area contributed by atoms with Gasteiger partial charge in [-0.3, -0.25) is 0 Å². The third-order valence-electron chi connectivity index (χ3n) is 2.16. The molecule has 98 valence electrons. The molecule has 0 aliphatic rings. The van der Waals surface area contributed by atoms with Crippen molar-refractivity contribution >= 4 is 34.0 Å². The molecule has 1 aromatic rings. The molecule has 17 heavy (non-hydrogen) atoms. The van der Waals surface area contributed by atoms with E-state index < -0.39 is 10.0 Å². The molecule has 1 atom stereocenters. The lowest BCUT2D eigenvalue weighted by Crippen LogP contribution is -2.37. The molecule has 0 amide bonds. The molecule has 0 saturated heterocycles. The first-order chi connectivity index (χ1) is 7.38. The Bertz CT molecular complexity index is 477. The zero-order chi connectivity index (χ0) is 12.3. The highest BCUT2D eigenvalue weighted by atomic mass is 35.5. The predicted molar refractivity (Wildman–Crippen MR) is 72.3 cm³/mol. The molecule has 0 aliphatic heterocycles. The lowest BCUT2D eigenvalue weighted by atomic mass is 10.2. The number of hydrogen-bond donors (Lipinski definition) is 2. The summed E-state index contributed by atoms with van der Waals surface area (Å²) in [6, 6.07) is 4.57. The largest absolute Gasteiger partial charge is 0.329 e. The molecule has 1 aromatic carbocycles. The SMILES string of the molecule is Cc1cccc(S(=O)(=O)N[C@@H](C)CN)c1Cl.Cl. The van der Waals surface area contributed by atoms with Crippen molar-refractivity contribution in [3.8, 4) is 0 Å². The van der Waals surface area contributed by atoms with Crippen LogP contribution in [0.2, 0.25) is 5.02 Å². The van der Waals surface area contributed by atoms with Crippen LogP contribution < -0.4 is 10.5 Å². The number of sulfonamides is 1. The topological polar surface area (TPSA) is 72.2 Å². The van der Waals surface area contributed by atoms with Gasteiger partial charge in [0.25, 0.3) is 0 Å². The molecule has 4 nitrogen and oxygen atoms in total. The van der Waals surface area contributed by atoms with Gasteiger partial charge in [0.15, 0.2) is 0 Å². The number of rotatable bonds is 4. The van der Waals surface area contributed by atoms with Crippen LogP contribution in [0.5, 0.6) is 0 Å². The van der Waals surface area contributed by atoms with Crippen LogP contribution in [-0.2, 0) is 10.0 Å². The van der Waals surface area contributed by atoms with Crippen molar-refractivity contribution in [3.05, 3.63) is 28.8 Å². The van der Waals surface area contributed by atoms with Crippen LogP contribution in [0.1, 0.15) is 12.5 Å². The van der Waals surface area contributed by atoms with E-state index in [2.05, 4.69) is 4.72 Å². The van der Waals surface area contributed by atoms with Gasteiger partial charge >= 0.3 is 0 Å². The summed E-state index contributed by atoms with van der Waals surface area (Å²) in [4.78, 5) is 0.0921. The number of benzene rings is 1. The zero-order valence-electron chi connectivity index (χ0n) is 9.60. The minimum absolute atomic E-state index is 0. The smallest absolute Gasteiger partial charge is 0.242 e. The Morgan fingerprint density at radius 2 is 2.06 bits per heavy atom. The maximum atomic E-state index is 11.9. The Balaban J connectivity index is 0.00000256. The van der Waals surface area contributed by atoms with Gasteiger partial charge in [-0.2, -0.15) is 0 Å². The predicted octanol–water partition coefficient (Wildman–Crippen LogP) is 1.70. The Morgan fingerprint density at radius 1 is 1.47 bits per heavy atom. The Kier molecular flexibility index (Phi) is 6.43. The standard InChI is InChI=1S/C10H15ClN2O2S.ClH/c1-7-4-3-5-9(10(7)11)16(14,15)13-8(2)6-12;/h3-5,8,13H,6,12H2,1-2H3;1H/t8-;/m0./s1. The lowest BCUT2D eigenvalue weighted by molar-refractivity contribution is 0.562. The van der Waals surface area contributed by atoms with Gasteiger partial charge in [-0.1, -0.05) is 23.7 Å². The molecule has 0 aromatic heterocycles. The van der Waals surface area contributed by atoms with E-state index >= 15 is 0 Å². The molecule has 0 fully saturated rings. The Labute approximate surface area is 113 Å². The minimum Gasteiger partial charge on any atom is -0.329 e. The fourth-order valence-corrected chi connectivity index (χ4v) is 3.04. The van der Waals surface area contributed by atoms with Crippen LogP contribution in [0.4, 0.5) is 0 Å². The van der Waals surface area contributed by atoms with Crippen molar-refractivity contribution in [2.75, 3.05) is 6.54 Å². The number of aryl methyl sites for hydroxylation is 1. The monoisotopic (exact) mass is 298 g/mol. The van der Waals surface area contributed by atoms with Gasteiger partial charge in [0.1, 0.15) is 4.90 Å². The number of nitrogens with two attached hydrogens (primary N) is 1. The van der Waals surface area contributed by atoms with Crippen LogP contribution in [0.25, 0.3) is 0 Å². The van der Waals surface area contributed by atoms with E-state index in [4.69, 9.17) is 17.3 Å². The summed E-state index contributed by atoms with van der Waals surface area (Å²) in [7, 11) is -3.59. The second-order valence-electron chi connectivity index (χ2n) is 3.65. The highest BCUT2D eigenvalue weighted by Crippen LogP contribution is 2.24. The van der Waals surface area contributed by atoms with E-state index in [9.17, 15) is 8.42 Å². The summed E-state index contributed by atoms with van der Waals surface area (Å²) in [5, 5.41) is 0.249. The Hall–Kier alpha value is -0.330. The van der Waals surface area contributed by atoms with Crippen LogP contribution in [0, 0.1) is 6.92 Å². The van der Waals surface area contributed by atoms with Crippen molar-refractivity contribution in [1.29, 1.82) is 0 Å². The second kappa shape index (κ2) is 6.56. The van der Waals surface area contributed by atoms with Crippen molar-refractivity contribution in [2.45, 2.75) is 24.8 Å². The van der Waals surface area contributed by atoms with Gasteiger partial charge in [0.05, 0.1) is 5.02 Å². The first kappa shape index (κ1) is 16.7. The number of hydrogen-bond acceptors (Lipinski definition) is 3. The quantitative estimate of drug-likeness (QED) is 0.888. The zero-order valence-corrected chi connectivity index (χ0v) is 12.0. The Morgan fingerprint density at radius 3 is 2.59 bits per heavy atom. The van der Waals surface area contributed by atoms with Gasteiger partial charge in [0, 0.05) is 12.6 Å². The van der Waals surface area contributed by atoms with E-state index in [1.165, 1.54) is 6.07 Å². The summed E-state index contributed by atoms with van der Waals surface area (Å²) in [6.45, 7) is 3.69. The molecule has 3 N–H and O–H groups in total. The summed E-state index contributed by atoms with van der Waals surface area (Å²) >= 11 is 5.95. The average Bonchev–Trinajstić information content (AvgIpc) is 2.21. The van der Waals surface area contributed by atoms with Crippen molar-refractivity contribution in [1.82, 2.24) is 4.72 Å². The molecule has 0 unspecified atom stereocenters. The van der Waals surface area contributed by atoms with E-state index in [0.717, 1.165) is 5.56 Å². The van der Waals surface area contributed by atoms with Crippen LogP contribution in [-0.4, -0.2) is 21.0 Å². The summed E-state index contributed by atoms with van der Waals surface area (Å²) in [6.07, 6.45) is 0. The third-order valence-corrected chi connectivity index (χ3v) is 4.40. The fraction of sp³-hybridized carbons (Fsp3) is 0.400. The fourth-order valence-electron chi connectivity index (χ4n) is 1.20. The molecule has 1 rings (SSSR count). The first-order valence-electron chi connectivity index (χ1n) is 4.86. The highest BCUT2D eigenvalue weighted by molar-refractivity contribution is 7.89. The molecule has 0 bridgehead atoms. The molecule has 0 saturated carbocycles. The van der Waals surface area contributed by atoms with Crippen LogP contribution in [0.15, 0.2) is 23.1 Å². The number of halogens is 2. The molecule has 0 aliphatic carbocycles. The van der Waals surface area contributed by atoms with Crippen molar-refractivity contribution < 1.29 is 8.42 Å². The second-order valence-corrected chi connectivity index (χ2v) is 5.71. The van der Waals surface area contributed by atoms with E-state index in [1.54, 1.807) is 26.0 Å². The molecule has 7 heteroatoms. The minimum atomic E-state index is -3.59. The van der Waals surface area contributed by atoms with Gasteiger partial charge in [-0.25, -0.2) is 13.1 Å². The van der Waals surface area contributed by atoms with Gasteiger partial charge in [-0.05, 0) is 25.5 Å². The maximum Gasteiger partial charge on any atom is 0.242 e. The normalized spacial score (nSPS) is 12.9. The summed E-state index contributed by atoms with van der Waals surface area (Å²) in [5.74, 6) is 0. The van der Waals surface area contributed by atoms with Crippen LogP contribution in [0.3, 0.4) is 0 Å². The number of nitrogens with one attached hydrogen (secondary N) is 1. The molecule has 0 radical (unpaired) electrons. The van der Waals surface area contributed by atoms with Crippen molar-refractivity contribution in [3.63, 3.8) is 0 Å². The summed E-state index contributed by atoms with van der Waals surface area (Å²) in [5.41, 5.74) is 6.09. The molecule has 0 heterocycles. The van der Waals surface area contributed by atoms with E-state index in [-0.39, 0.29) is 34.9 Å². The summed E-state index contributed by atoms with van der Waals surface area (Å²) < 4.78 is 26.3.